The van der Waals surface area contributed by atoms with Crippen LogP contribution in [0.4, 0.5) is 0 Å². The summed E-state index contributed by atoms with van der Waals surface area (Å²) in [5.74, 6) is 3.38. The molecule has 0 radical (unpaired) electrons. The van der Waals surface area contributed by atoms with Gasteiger partial charge in [0.05, 0.1) is 19.3 Å². The van der Waals surface area contributed by atoms with E-state index in [9.17, 15) is 4.79 Å². The van der Waals surface area contributed by atoms with Crippen molar-refractivity contribution in [2.24, 2.45) is 5.92 Å². The second-order valence-electron chi connectivity index (χ2n) is 6.14. The maximum Gasteiger partial charge on any atom is 0.223 e. The molecule has 0 spiro atoms. The number of ether oxygens (including phenoxy) is 1. The Kier molecular flexibility index (Phi) is 4.31. The standard InChI is InChI=1S/C16H23NO4/c1-11-8-14(11)15-4-2-12(21-15)3-5-16(19)17-6-7-20-13(9-17)10-18/h2,4,11,13-14,18H,3,5-10H2,1H3. The van der Waals surface area contributed by atoms with E-state index in [4.69, 9.17) is 14.3 Å². The fourth-order valence-corrected chi connectivity index (χ4v) is 2.89. The van der Waals surface area contributed by atoms with Gasteiger partial charge in [0.25, 0.3) is 0 Å². The van der Waals surface area contributed by atoms with E-state index in [1.807, 2.05) is 12.1 Å². The molecule has 0 bridgehead atoms. The van der Waals surface area contributed by atoms with E-state index in [0.29, 0.717) is 38.5 Å². The lowest BCUT2D eigenvalue weighted by Crippen LogP contribution is -2.46. The highest BCUT2D eigenvalue weighted by atomic mass is 16.5. The second-order valence-corrected chi connectivity index (χ2v) is 6.14. The van der Waals surface area contributed by atoms with E-state index in [1.165, 1.54) is 6.42 Å². The van der Waals surface area contributed by atoms with Gasteiger partial charge >= 0.3 is 0 Å². The van der Waals surface area contributed by atoms with E-state index >= 15 is 0 Å². The van der Waals surface area contributed by atoms with Gasteiger partial charge < -0.3 is 19.2 Å². The van der Waals surface area contributed by atoms with E-state index in [2.05, 4.69) is 6.92 Å². The highest BCUT2D eigenvalue weighted by Gasteiger charge is 2.36. The Balaban J connectivity index is 1.48. The van der Waals surface area contributed by atoms with Gasteiger partial charge in [-0.2, -0.15) is 0 Å². The van der Waals surface area contributed by atoms with Crippen molar-refractivity contribution in [1.82, 2.24) is 4.90 Å². The van der Waals surface area contributed by atoms with Crippen LogP contribution >= 0.6 is 0 Å². The van der Waals surface area contributed by atoms with Crippen LogP contribution in [0.25, 0.3) is 0 Å². The Hall–Kier alpha value is -1.33. The summed E-state index contributed by atoms with van der Waals surface area (Å²) >= 11 is 0. The summed E-state index contributed by atoms with van der Waals surface area (Å²) in [5.41, 5.74) is 0. The van der Waals surface area contributed by atoms with Crippen molar-refractivity contribution >= 4 is 5.91 Å². The van der Waals surface area contributed by atoms with Gasteiger partial charge in [0, 0.05) is 31.8 Å². The minimum absolute atomic E-state index is 0.0368. The van der Waals surface area contributed by atoms with Crippen LogP contribution in [0, 0.1) is 5.92 Å². The molecule has 2 heterocycles. The molecule has 1 amide bonds. The first-order valence-electron chi connectivity index (χ1n) is 7.76. The average molecular weight is 293 g/mol. The fourth-order valence-electron chi connectivity index (χ4n) is 2.89. The predicted octanol–water partition coefficient (Wildman–Crippen LogP) is 1.56. The van der Waals surface area contributed by atoms with Crippen LogP contribution in [0.5, 0.6) is 0 Å². The summed E-state index contributed by atoms with van der Waals surface area (Å²) in [6.45, 7) is 3.79. The summed E-state index contributed by atoms with van der Waals surface area (Å²) in [7, 11) is 0. The molecule has 1 aromatic heterocycles. The molecule has 0 aromatic carbocycles. The lowest BCUT2D eigenvalue weighted by Gasteiger charge is -2.32. The van der Waals surface area contributed by atoms with E-state index < -0.39 is 0 Å². The molecule has 3 rings (SSSR count). The number of aryl methyl sites for hydroxylation is 1. The van der Waals surface area contributed by atoms with Gasteiger partial charge in [-0.25, -0.2) is 0 Å². The van der Waals surface area contributed by atoms with E-state index in [1.54, 1.807) is 4.90 Å². The molecule has 1 aliphatic carbocycles. The molecule has 2 fully saturated rings. The lowest BCUT2D eigenvalue weighted by molar-refractivity contribution is -0.140. The highest BCUT2D eigenvalue weighted by Crippen LogP contribution is 2.47. The molecular formula is C16H23NO4. The third-order valence-corrected chi connectivity index (χ3v) is 4.44. The Bertz CT molecular complexity index is 498. The normalized spacial score (nSPS) is 28.7. The summed E-state index contributed by atoms with van der Waals surface area (Å²) in [6, 6.07) is 4.04. The Morgan fingerprint density at radius 2 is 2.29 bits per heavy atom. The minimum atomic E-state index is -0.241. The quantitative estimate of drug-likeness (QED) is 0.895. The first-order chi connectivity index (χ1) is 10.2. The van der Waals surface area contributed by atoms with Gasteiger partial charge in [-0.15, -0.1) is 0 Å². The monoisotopic (exact) mass is 293 g/mol. The van der Waals surface area contributed by atoms with Crippen LogP contribution in [0.15, 0.2) is 16.5 Å². The number of hydrogen-bond donors (Lipinski definition) is 1. The maximum atomic E-state index is 12.2. The van der Waals surface area contributed by atoms with Crippen LogP contribution < -0.4 is 0 Å². The summed E-state index contributed by atoms with van der Waals surface area (Å²) < 4.78 is 11.2. The number of amides is 1. The van der Waals surface area contributed by atoms with Crippen LogP contribution in [-0.2, 0) is 16.0 Å². The van der Waals surface area contributed by atoms with Crippen LogP contribution in [0.2, 0.25) is 0 Å². The largest absolute Gasteiger partial charge is 0.466 e. The molecule has 1 saturated heterocycles. The smallest absolute Gasteiger partial charge is 0.223 e. The van der Waals surface area contributed by atoms with Crippen molar-refractivity contribution in [3.05, 3.63) is 23.7 Å². The average Bonchev–Trinajstić information content (AvgIpc) is 3.06. The van der Waals surface area contributed by atoms with E-state index in [0.717, 1.165) is 17.4 Å². The molecule has 5 heteroatoms. The molecule has 1 aliphatic heterocycles. The van der Waals surface area contributed by atoms with Crippen molar-refractivity contribution in [3.8, 4) is 0 Å². The molecule has 1 saturated carbocycles. The number of rotatable bonds is 5. The zero-order valence-electron chi connectivity index (χ0n) is 12.5. The van der Waals surface area contributed by atoms with Gasteiger partial charge in [0.15, 0.2) is 0 Å². The van der Waals surface area contributed by atoms with Crippen LogP contribution in [0.1, 0.15) is 37.2 Å². The fraction of sp³-hybridized carbons (Fsp3) is 0.688. The maximum absolute atomic E-state index is 12.2. The number of nitrogens with zero attached hydrogens (tertiary/aromatic N) is 1. The van der Waals surface area contributed by atoms with Crippen LogP contribution in [-0.4, -0.2) is 48.3 Å². The SMILES string of the molecule is CC1CC1c1ccc(CCC(=O)N2CCOC(CO)C2)o1. The molecule has 1 aromatic rings. The number of hydrogen-bond acceptors (Lipinski definition) is 4. The zero-order chi connectivity index (χ0) is 14.8. The molecule has 2 aliphatic rings. The number of carbonyl (C=O) groups is 1. The van der Waals surface area contributed by atoms with Gasteiger partial charge in [-0.3, -0.25) is 4.79 Å². The summed E-state index contributed by atoms with van der Waals surface area (Å²) in [5, 5.41) is 9.10. The second kappa shape index (κ2) is 6.20. The first kappa shape index (κ1) is 14.6. The predicted molar refractivity (Wildman–Crippen MR) is 77.0 cm³/mol. The highest BCUT2D eigenvalue weighted by molar-refractivity contribution is 5.76. The molecule has 1 N–H and O–H groups in total. The van der Waals surface area contributed by atoms with Gasteiger partial charge in [-0.05, 0) is 24.5 Å². The molecule has 21 heavy (non-hydrogen) atoms. The van der Waals surface area contributed by atoms with Gasteiger partial charge in [0.1, 0.15) is 11.5 Å². The Morgan fingerprint density at radius 3 is 3.00 bits per heavy atom. The summed E-state index contributed by atoms with van der Waals surface area (Å²) in [4.78, 5) is 14.0. The van der Waals surface area contributed by atoms with Gasteiger partial charge in [0.2, 0.25) is 5.91 Å². The Labute approximate surface area is 124 Å². The molecule has 116 valence electrons. The first-order valence-corrected chi connectivity index (χ1v) is 7.76. The van der Waals surface area contributed by atoms with E-state index in [-0.39, 0.29) is 18.6 Å². The number of aliphatic hydroxyl groups is 1. The molecule has 3 unspecified atom stereocenters. The molecule has 5 nitrogen and oxygen atoms in total. The lowest BCUT2D eigenvalue weighted by atomic mass is 10.2. The third kappa shape index (κ3) is 3.47. The van der Waals surface area contributed by atoms with Crippen molar-refractivity contribution in [2.45, 2.75) is 38.2 Å². The van der Waals surface area contributed by atoms with Crippen molar-refractivity contribution in [3.63, 3.8) is 0 Å². The number of carbonyl (C=O) groups excluding carboxylic acids is 1. The topological polar surface area (TPSA) is 62.9 Å². The Morgan fingerprint density at radius 1 is 1.48 bits per heavy atom. The van der Waals surface area contributed by atoms with Crippen molar-refractivity contribution < 1.29 is 19.1 Å². The number of aliphatic hydroxyl groups excluding tert-OH is 1. The van der Waals surface area contributed by atoms with Crippen molar-refractivity contribution in [1.29, 1.82) is 0 Å². The number of furan rings is 1. The number of morpholine rings is 1. The van der Waals surface area contributed by atoms with Crippen molar-refractivity contribution in [2.75, 3.05) is 26.3 Å². The zero-order valence-corrected chi connectivity index (χ0v) is 12.5. The summed E-state index contributed by atoms with van der Waals surface area (Å²) in [6.07, 6.45) is 2.06. The third-order valence-electron chi connectivity index (χ3n) is 4.44. The van der Waals surface area contributed by atoms with Gasteiger partial charge in [-0.1, -0.05) is 6.92 Å². The minimum Gasteiger partial charge on any atom is -0.466 e. The molecular weight excluding hydrogens is 270 g/mol. The molecule has 3 atom stereocenters. The van der Waals surface area contributed by atoms with Crippen LogP contribution in [0.3, 0.4) is 0 Å².